The van der Waals surface area contributed by atoms with E-state index in [2.05, 4.69) is 59.3 Å². The fourth-order valence-electron chi connectivity index (χ4n) is 3.09. The molecule has 1 saturated heterocycles. The molecule has 1 fully saturated rings. The van der Waals surface area contributed by atoms with Gasteiger partial charge in [0.2, 0.25) is 0 Å². The van der Waals surface area contributed by atoms with E-state index < -0.39 is 0 Å². The number of aliphatic hydroxyl groups is 1. The summed E-state index contributed by atoms with van der Waals surface area (Å²) >= 11 is 0. The number of para-hydroxylation sites is 1. The second-order valence-electron chi connectivity index (χ2n) is 5.67. The number of nitrogens with zero attached hydrogens (tertiary/aromatic N) is 2. The minimum Gasteiger partial charge on any atom is -0.392 e. The molecule has 2 aromatic rings. The van der Waals surface area contributed by atoms with Crippen LogP contribution in [0.5, 0.6) is 0 Å². The van der Waals surface area contributed by atoms with E-state index in [-0.39, 0.29) is 19.0 Å². The van der Waals surface area contributed by atoms with Crippen LogP contribution < -0.4 is 4.90 Å². The van der Waals surface area contributed by atoms with Gasteiger partial charge in [0, 0.05) is 30.9 Å². The SMILES string of the molecule is CN1CCN(c2ccccc2CO)C(c2ccccc2)C1.Cl. The molecule has 1 aliphatic heterocycles. The molecule has 4 heteroatoms. The minimum absolute atomic E-state index is 0. The molecule has 3 nitrogen and oxygen atoms in total. The summed E-state index contributed by atoms with van der Waals surface area (Å²) < 4.78 is 0. The lowest BCUT2D eigenvalue weighted by molar-refractivity contribution is 0.264. The van der Waals surface area contributed by atoms with Gasteiger partial charge in [0.15, 0.2) is 0 Å². The highest BCUT2D eigenvalue weighted by molar-refractivity contribution is 5.85. The number of hydrogen-bond acceptors (Lipinski definition) is 3. The molecule has 1 aliphatic rings. The minimum atomic E-state index is 0. The molecule has 22 heavy (non-hydrogen) atoms. The molecular formula is C18H23ClN2O. The molecule has 1 atom stereocenters. The third-order valence-corrected chi connectivity index (χ3v) is 4.24. The number of aliphatic hydroxyl groups excluding tert-OH is 1. The van der Waals surface area contributed by atoms with Crippen molar-refractivity contribution < 1.29 is 5.11 Å². The van der Waals surface area contributed by atoms with Crippen molar-refractivity contribution in [3.8, 4) is 0 Å². The highest BCUT2D eigenvalue weighted by Gasteiger charge is 2.27. The first-order valence-corrected chi connectivity index (χ1v) is 7.48. The third kappa shape index (κ3) is 3.43. The van der Waals surface area contributed by atoms with Gasteiger partial charge in [-0.05, 0) is 18.7 Å². The Bertz CT molecular complexity index is 591. The van der Waals surface area contributed by atoms with Crippen LogP contribution in [-0.4, -0.2) is 36.7 Å². The summed E-state index contributed by atoms with van der Waals surface area (Å²) in [6, 6.07) is 19.1. The number of rotatable bonds is 3. The van der Waals surface area contributed by atoms with E-state index in [1.807, 2.05) is 12.1 Å². The van der Waals surface area contributed by atoms with Gasteiger partial charge >= 0.3 is 0 Å². The van der Waals surface area contributed by atoms with Crippen LogP contribution >= 0.6 is 12.4 Å². The molecule has 1 heterocycles. The summed E-state index contributed by atoms with van der Waals surface area (Å²) in [6.07, 6.45) is 0. The smallest absolute Gasteiger partial charge is 0.0702 e. The summed E-state index contributed by atoms with van der Waals surface area (Å²) in [5, 5.41) is 9.62. The van der Waals surface area contributed by atoms with Crippen molar-refractivity contribution in [3.05, 3.63) is 65.7 Å². The normalized spacial score (nSPS) is 18.8. The number of halogens is 1. The number of anilines is 1. The molecular weight excluding hydrogens is 296 g/mol. The van der Waals surface area contributed by atoms with Crippen LogP contribution in [0, 0.1) is 0 Å². The maximum atomic E-state index is 9.62. The highest BCUT2D eigenvalue weighted by Crippen LogP contribution is 2.32. The lowest BCUT2D eigenvalue weighted by Gasteiger charge is -2.42. The lowest BCUT2D eigenvalue weighted by Crippen LogP contribution is -2.47. The Morgan fingerprint density at radius 2 is 1.68 bits per heavy atom. The van der Waals surface area contributed by atoms with Crippen LogP contribution in [0.25, 0.3) is 0 Å². The van der Waals surface area contributed by atoms with Crippen molar-refractivity contribution in [2.45, 2.75) is 12.6 Å². The van der Waals surface area contributed by atoms with Gasteiger partial charge in [0.25, 0.3) is 0 Å². The van der Waals surface area contributed by atoms with Crippen molar-refractivity contribution in [1.82, 2.24) is 4.90 Å². The summed E-state index contributed by atoms with van der Waals surface area (Å²) in [4.78, 5) is 4.80. The predicted molar refractivity (Wildman–Crippen MR) is 93.6 cm³/mol. The van der Waals surface area contributed by atoms with Crippen LogP contribution in [0.2, 0.25) is 0 Å². The number of likely N-dealkylation sites (N-methyl/N-ethyl adjacent to an activating group) is 1. The van der Waals surface area contributed by atoms with Crippen molar-refractivity contribution in [1.29, 1.82) is 0 Å². The quantitative estimate of drug-likeness (QED) is 0.942. The van der Waals surface area contributed by atoms with Crippen LogP contribution in [-0.2, 0) is 6.61 Å². The summed E-state index contributed by atoms with van der Waals surface area (Å²) in [5.74, 6) is 0. The lowest BCUT2D eigenvalue weighted by atomic mass is 10.0. The average Bonchev–Trinajstić information content (AvgIpc) is 2.55. The van der Waals surface area contributed by atoms with Crippen LogP contribution in [0.4, 0.5) is 5.69 Å². The van der Waals surface area contributed by atoms with Gasteiger partial charge in [0.1, 0.15) is 0 Å². The number of piperazine rings is 1. The Kier molecular flexibility index (Phi) is 5.83. The first-order chi connectivity index (χ1) is 10.3. The van der Waals surface area contributed by atoms with Gasteiger partial charge in [-0.3, -0.25) is 0 Å². The van der Waals surface area contributed by atoms with Gasteiger partial charge < -0.3 is 14.9 Å². The molecule has 0 aromatic heterocycles. The van der Waals surface area contributed by atoms with E-state index in [1.165, 1.54) is 5.56 Å². The molecule has 2 aromatic carbocycles. The van der Waals surface area contributed by atoms with Crippen LogP contribution in [0.15, 0.2) is 54.6 Å². The Morgan fingerprint density at radius 1 is 1.00 bits per heavy atom. The van der Waals surface area contributed by atoms with E-state index in [4.69, 9.17) is 0 Å². The number of benzene rings is 2. The molecule has 0 aliphatic carbocycles. The standard InChI is InChI=1S/C18H22N2O.ClH/c1-19-11-12-20(17-10-6-5-9-16(17)14-21)18(13-19)15-7-3-2-4-8-15;/h2-10,18,21H,11-14H2,1H3;1H. The summed E-state index contributed by atoms with van der Waals surface area (Å²) in [7, 11) is 2.17. The van der Waals surface area contributed by atoms with Gasteiger partial charge in [0.05, 0.1) is 12.6 Å². The van der Waals surface area contributed by atoms with Crippen molar-refractivity contribution >= 4 is 18.1 Å². The van der Waals surface area contributed by atoms with Crippen molar-refractivity contribution in [3.63, 3.8) is 0 Å². The molecule has 0 radical (unpaired) electrons. The molecule has 1 N–H and O–H groups in total. The Hall–Kier alpha value is -1.55. The zero-order chi connectivity index (χ0) is 14.7. The van der Waals surface area contributed by atoms with Gasteiger partial charge in [-0.25, -0.2) is 0 Å². The zero-order valence-corrected chi connectivity index (χ0v) is 13.7. The molecule has 3 rings (SSSR count). The van der Waals surface area contributed by atoms with Gasteiger partial charge in [-0.1, -0.05) is 48.5 Å². The van der Waals surface area contributed by atoms with Crippen LogP contribution in [0.3, 0.4) is 0 Å². The Labute approximate surface area is 138 Å². The molecule has 118 valence electrons. The summed E-state index contributed by atoms with van der Waals surface area (Å²) in [6.45, 7) is 3.12. The highest BCUT2D eigenvalue weighted by atomic mass is 35.5. The molecule has 1 unspecified atom stereocenters. The monoisotopic (exact) mass is 318 g/mol. The van der Waals surface area contributed by atoms with Crippen molar-refractivity contribution in [2.75, 3.05) is 31.6 Å². The van der Waals surface area contributed by atoms with E-state index in [1.54, 1.807) is 0 Å². The zero-order valence-electron chi connectivity index (χ0n) is 12.9. The van der Waals surface area contributed by atoms with Gasteiger partial charge in [-0.15, -0.1) is 12.4 Å². The Balaban J connectivity index is 0.00000176. The van der Waals surface area contributed by atoms with Gasteiger partial charge in [-0.2, -0.15) is 0 Å². The first-order valence-electron chi connectivity index (χ1n) is 7.48. The van der Waals surface area contributed by atoms with Crippen molar-refractivity contribution in [2.24, 2.45) is 0 Å². The van der Waals surface area contributed by atoms with E-state index in [0.717, 1.165) is 30.9 Å². The topological polar surface area (TPSA) is 26.7 Å². The fourth-order valence-corrected chi connectivity index (χ4v) is 3.09. The summed E-state index contributed by atoms with van der Waals surface area (Å²) in [5.41, 5.74) is 3.49. The maximum absolute atomic E-state index is 9.62. The molecule has 0 spiro atoms. The fraction of sp³-hybridized carbons (Fsp3) is 0.333. The predicted octanol–water partition coefficient (Wildman–Crippen LogP) is 3.09. The second kappa shape index (κ2) is 7.63. The third-order valence-electron chi connectivity index (χ3n) is 4.24. The molecule has 0 saturated carbocycles. The molecule has 0 bridgehead atoms. The van der Waals surface area contributed by atoms with Crippen LogP contribution in [0.1, 0.15) is 17.2 Å². The molecule has 0 amide bonds. The largest absolute Gasteiger partial charge is 0.392 e. The Morgan fingerprint density at radius 3 is 2.41 bits per heavy atom. The maximum Gasteiger partial charge on any atom is 0.0702 e. The first kappa shape index (κ1) is 16.8. The van der Waals surface area contributed by atoms with E-state index in [9.17, 15) is 5.11 Å². The average molecular weight is 319 g/mol. The van der Waals surface area contributed by atoms with E-state index in [0.29, 0.717) is 6.04 Å². The van der Waals surface area contributed by atoms with E-state index >= 15 is 0 Å². The second-order valence-corrected chi connectivity index (χ2v) is 5.67. The number of hydrogen-bond donors (Lipinski definition) is 1.